The molecule has 0 aliphatic carbocycles. The van der Waals surface area contributed by atoms with Crippen molar-refractivity contribution in [3.63, 3.8) is 0 Å². The Hall–Kier alpha value is -2.64. The number of rotatable bonds is 6. The monoisotopic (exact) mass is 522 g/mol. The van der Waals surface area contributed by atoms with Crippen molar-refractivity contribution < 1.29 is 13.2 Å². The van der Waals surface area contributed by atoms with Gasteiger partial charge in [0.25, 0.3) is 0 Å². The first-order chi connectivity index (χ1) is 17.4. The SMILES string of the molecule is CCOC1=C2CN(S(=O)(=O)c3ccc(C)cc3)C(c3cccc(Cl)c3)C[C@@H]2N[C@H](c2ccccc2)C1. The second kappa shape index (κ2) is 10.4. The van der Waals surface area contributed by atoms with Crippen molar-refractivity contribution >= 4 is 21.6 Å². The summed E-state index contributed by atoms with van der Waals surface area (Å²) in [5.74, 6) is 0.892. The van der Waals surface area contributed by atoms with Crippen LogP contribution in [0, 0.1) is 6.92 Å². The summed E-state index contributed by atoms with van der Waals surface area (Å²) >= 11 is 6.35. The molecular weight excluding hydrogens is 492 g/mol. The average molecular weight is 523 g/mol. The van der Waals surface area contributed by atoms with Crippen LogP contribution in [0.5, 0.6) is 0 Å². The minimum absolute atomic E-state index is 0.0149. The highest BCUT2D eigenvalue weighted by Gasteiger charge is 2.44. The van der Waals surface area contributed by atoms with Crippen LogP contribution in [0.4, 0.5) is 0 Å². The molecule has 7 heteroatoms. The number of halogens is 1. The lowest BCUT2D eigenvalue weighted by Gasteiger charge is -2.45. The zero-order valence-corrected chi connectivity index (χ0v) is 22.1. The highest BCUT2D eigenvalue weighted by molar-refractivity contribution is 7.89. The van der Waals surface area contributed by atoms with E-state index >= 15 is 0 Å². The van der Waals surface area contributed by atoms with Gasteiger partial charge in [-0.3, -0.25) is 0 Å². The zero-order chi connectivity index (χ0) is 25.3. The van der Waals surface area contributed by atoms with E-state index in [1.165, 1.54) is 5.56 Å². The van der Waals surface area contributed by atoms with Crippen LogP contribution in [0.3, 0.4) is 0 Å². The summed E-state index contributed by atoms with van der Waals surface area (Å²) in [6.07, 6.45) is 1.27. The Balaban J connectivity index is 1.59. The Labute approximate surface area is 218 Å². The van der Waals surface area contributed by atoms with Gasteiger partial charge in [-0.2, -0.15) is 4.31 Å². The van der Waals surface area contributed by atoms with Gasteiger partial charge in [-0.25, -0.2) is 8.42 Å². The van der Waals surface area contributed by atoms with Crippen LogP contribution in [-0.4, -0.2) is 31.9 Å². The van der Waals surface area contributed by atoms with Gasteiger partial charge in [0.1, 0.15) is 0 Å². The average Bonchev–Trinajstić information content (AvgIpc) is 2.89. The van der Waals surface area contributed by atoms with E-state index in [1.54, 1.807) is 16.4 Å². The van der Waals surface area contributed by atoms with Crippen LogP contribution < -0.4 is 5.32 Å². The van der Waals surface area contributed by atoms with Crippen LogP contribution in [0.25, 0.3) is 0 Å². The quantitative estimate of drug-likeness (QED) is 0.420. The number of hydrogen-bond donors (Lipinski definition) is 1. The molecule has 36 heavy (non-hydrogen) atoms. The Morgan fingerprint density at radius 2 is 1.69 bits per heavy atom. The molecule has 0 saturated carbocycles. The molecule has 2 heterocycles. The second-order valence-electron chi connectivity index (χ2n) is 9.44. The molecule has 5 nitrogen and oxygen atoms in total. The molecule has 3 atom stereocenters. The number of piperidine rings is 1. The topological polar surface area (TPSA) is 58.6 Å². The van der Waals surface area contributed by atoms with Gasteiger partial charge in [-0.1, -0.05) is 71.8 Å². The fourth-order valence-electron chi connectivity index (χ4n) is 5.28. The third-order valence-corrected chi connectivity index (χ3v) is 9.19. The molecular formula is C29H31ClN2O3S. The summed E-state index contributed by atoms with van der Waals surface area (Å²) in [6, 6.07) is 24.7. The van der Waals surface area contributed by atoms with Crippen molar-refractivity contribution in [2.75, 3.05) is 13.2 Å². The van der Waals surface area contributed by atoms with E-state index in [9.17, 15) is 8.42 Å². The van der Waals surface area contributed by atoms with Gasteiger partial charge in [0.2, 0.25) is 10.0 Å². The normalized spacial score (nSPS) is 22.8. The largest absolute Gasteiger partial charge is 0.498 e. The first-order valence-corrected chi connectivity index (χ1v) is 14.2. The van der Waals surface area contributed by atoms with Gasteiger partial charge in [-0.05, 0) is 61.2 Å². The van der Waals surface area contributed by atoms with Gasteiger partial charge in [0.05, 0.1) is 23.3 Å². The highest BCUT2D eigenvalue weighted by Crippen LogP contribution is 2.43. The molecule has 1 saturated heterocycles. The number of hydrogen-bond acceptors (Lipinski definition) is 4. The Morgan fingerprint density at radius 1 is 0.972 bits per heavy atom. The molecule has 2 aliphatic heterocycles. The number of benzene rings is 3. The molecule has 1 unspecified atom stereocenters. The Kier molecular flexibility index (Phi) is 7.22. The molecule has 0 bridgehead atoms. The van der Waals surface area contributed by atoms with E-state index < -0.39 is 10.0 Å². The smallest absolute Gasteiger partial charge is 0.243 e. The minimum Gasteiger partial charge on any atom is -0.498 e. The fourth-order valence-corrected chi connectivity index (χ4v) is 7.08. The fraction of sp³-hybridized carbons (Fsp3) is 0.310. The minimum atomic E-state index is -3.77. The molecule has 1 N–H and O–H groups in total. The highest BCUT2D eigenvalue weighted by atomic mass is 35.5. The number of sulfonamides is 1. The molecule has 0 amide bonds. The van der Waals surface area contributed by atoms with Crippen molar-refractivity contribution in [3.05, 3.63) is 112 Å². The third kappa shape index (κ3) is 4.96. The lowest BCUT2D eigenvalue weighted by atomic mass is 9.84. The van der Waals surface area contributed by atoms with Crippen LogP contribution in [0.15, 0.2) is 95.1 Å². The van der Waals surface area contributed by atoms with Gasteiger partial charge >= 0.3 is 0 Å². The summed E-state index contributed by atoms with van der Waals surface area (Å²) in [4.78, 5) is 0.295. The van der Waals surface area contributed by atoms with Crippen LogP contribution in [-0.2, 0) is 14.8 Å². The Morgan fingerprint density at radius 3 is 2.39 bits per heavy atom. The lowest BCUT2D eigenvalue weighted by molar-refractivity contribution is 0.164. The molecule has 5 rings (SSSR count). The molecule has 0 radical (unpaired) electrons. The number of ether oxygens (including phenoxy) is 1. The van der Waals surface area contributed by atoms with Gasteiger partial charge in [-0.15, -0.1) is 0 Å². The zero-order valence-electron chi connectivity index (χ0n) is 20.5. The van der Waals surface area contributed by atoms with Crippen LogP contribution in [0.2, 0.25) is 5.02 Å². The summed E-state index contributed by atoms with van der Waals surface area (Å²) < 4.78 is 35.8. The van der Waals surface area contributed by atoms with Crippen LogP contribution >= 0.6 is 11.6 Å². The van der Waals surface area contributed by atoms with Crippen molar-refractivity contribution in [2.24, 2.45) is 0 Å². The first-order valence-electron chi connectivity index (χ1n) is 12.4. The van der Waals surface area contributed by atoms with Crippen molar-refractivity contribution in [1.82, 2.24) is 9.62 Å². The molecule has 0 spiro atoms. The molecule has 3 aromatic carbocycles. The maximum atomic E-state index is 14.0. The molecule has 1 fully saturated rings. The van der Waals surface area contributed by atoms with Gasteiger partial charge < -0.3 is 10.1 Å². The van der Waals surface area contributed by atoms with E-state index in [0.717, 1.165) is 22.5 Å². The van der Waals surface area contributed by atoms with Crippen molar-refractivity contribution in [2.45, 2.75) is 49.7 Å². The summed E-state index contributed by atoms with van der Waals surface area (Å²) in [6.45, 7) is 4.73. The van der Waals surface area contributed by atoms with Gasteiger partial charge in [0.15, 0.2) is 0 Å². The number of aryl methyl sites for hydroxylation is 1. The molecule has 188 valence electrons. The maximum absolute atomic E-state index is 14.0. The van der Waals surface area contributed by atoms with Crippen LogP contribution in [0.1, 0.15) is 48.5 Å². The predicted molar refractivity (Wildman–Crippen MR) is 143 cm³/mol. The van der Waals surface area contributed by atoms with E-state index in [0.29, 0.717) is 29.4 Å². The number of fused-ring (bicyclic) bond motifs is 1. The maximum Gasteiger partial charge on any atom is 0.243 e. The lowest BCUT2D eigenvalue weighted by Crippen LogP contribution is -2.51. The second-order valence-corrected chi connectivity index (χ2v) is 11.8. The summed E-state index contributed by atoms with van der Waals surface area (Å²) in [5, 5.41) is 4.39. The number of nitrogens with one attached hydrogen (secondary N) is 1. The van der Waals surface area contributed by atoms with Crippen molar-refractivity contribution in [3.8, 4) is 0 Å². The molecule has 3 aromatic rings. The summed E-state index contributed by atoms with van der Waals surface area (Å²) in [7, 11) is -3.77. The third-order valence-electron chi connectivity index (χ3n) is 7.08. The van der Waals surface area contributed by atoms with E-state index in [4.69, 9.17) is 16.3 Å². The van der Waals surface area contributed by atoms with Gasteiger partial charge in [0, 0.05) is 30.1 Å². The van der Waals surface area contributed by atoms with Crippen molar-refractivity contribution in [1.29, 1.82) is 0 Å². The standard InChI is InChI=1S/C29H31ClN2O3S/c1-3-35-29-18-26(21-8-5-4-6-9-21)31-27-17-28(22-10-7-11-23(30)16-22)32(19-25(27)29)36(33,34)24-14-12-20(2)13-15-24/h4-16,26-28,31H,3,17-19H2,1-2H3/t26-,27-,28?/m0/s1. The van der Waals surface area contributed by atoms with E-state index in [-0.39, 0.29) is 24.7 Å². The molecule has 0 aromatic heterocycles. The van der Waals surface area contributed by atoms with E-state index in [2.05, 4.69) is 17.4 Å². The molecule has 2 aliphatic rings. The Bertz CT molecular complexity index is 1360. The summed E-state index contributed by atoms with van der Waals surface area (Å²) in [5.41, 5.74) is 4.11. The first kappa shape index (κ1) is 25.0. The number of nitrogens with zero attached hydrogens (tertiary/aromatic N) is 1. The van der Waals surface area contributed by atoms with E-state index in [1.807, 2.05) is 68.4 Å². The predicted octanol–water partition coefficient (Wildman–Crippen LogP) is 6.18.